The second-order valence-corrected chi connectivity index (χ2v) is 7.46. The van der Waals surface area contributed by atoms with Crippen LogP contribution >= 0.6 is 0 Å². The number of hydrogen-bond donors (Lipinski definition) is 1. The molecule has 122 valence electrons. The van der Waals surface area contributed by atoms with Crippen molar-refractivity contribution in [2.75, 3.05) is 26.0 Å². The lowest BCUT2D eigenvalue weighted by molar-refractivity contribution is -0.299. The molecular weight excluding hydrogens is 298 g/mol. The molecule has 0 bridgehead atoms. The summed E-state index contributed by atoms with van der Waals surface area (Å²) in [6.07, 6.45) is 6.52. The minimum absolute atomic E-state index is 0.134. The van der Waals surface area contributed by atoms with E-state index in [0.29, 0.717) is 6.61 Å². The molecule has 2 aliphatic heterocycles. The lowest BCUT2D eigenvalue weighted by atomic mass is 9.95. The normalized spacial score (nSPS) is 30.2. The van der Waals surface area contributed by atoms with Crippen molar-refractivity contribution in [3.63, 3.8) is 0 Å². The van der Waals surface area contributed by atoms with E-state index in [-0.39, 0.29) is 19.3 Å². The molecule has 0 amide bonds. The molecule has 7 nitrogen and oxygen atoms in total. The van der Waals surface area contributed by atoms with E-state index in [9.17, 15) is 13.2 Å². The number of carbonyl (C=O) groups excluding carboxylic acids is 1. The number of sulfonamides is 1. The van der Waals surface area contributed by atoms with Gasteiger partial charge in [0, 0.05) is 12.8 Å². The highest BCUT2D eigenvalue weighted by atomic mass is 32.2. The third-order valence-electron chi connectivity index (χ3n) is 3.69. The maximum Gasteiger partial charge on any atom is 0.321 e. The Bertz CT molecular complexity index is 452. The lowest BCUT2D eigenvalue weighted by Gasteiger charge is -2.43. The van der Waals surface area contributed by atoms with Gasteiger partial charge in [-0.25, -0.2) is 13.1 Å². The molecule has 0 saturated carbocycles. The molecule has 2 atom stereocenters. The lowest BCUT2D eigenvalue weighted by Crippen LogP contribution is -2.46. The predicted octanol–water partition coefficient (Wildman–Crippen LogP) is 0.545. The molecule has 0 aliphatic carbocycles. The number of esters is 1. The number of hydrogen-bond acceptors (Lipinski definition) is 6. The maximum atomic E-state index is 11.5. The van der Waals surface area contributed by atoms with Crippen LogP contribution in [0.1, 0.15) is 38.5 Å². The predicted molar refractivity (Wildman–Crippen MR) is 75.1 cm³/mol. The fourth-order valence-electron chi connectivity index (χ4n) is 2.68. The summed E-state index contributed by atoms with van der Waals surface area (Å²) in [6.45, 7) is 0.493. The van der Waals surface area contributed by atoms with Crippen LogP contribution in [0, 0.1) is 0 Å². The largest absolute Gasteiger partial charge is 0.462 e. The molecule has 0 aromatic rings. The molecule has 0 radical (unpaired) electrons. The first-order valence-electron chi connectivity index (χ1n) is 7.31. The molecule has 2 aliphatic rings. The Hall–Kier alpha value is -0.700. The highest BCUT2D eigenvalue weighted by molar-refractivity contribution is 7.88. The highest BCUT2D eigenvalue weighted by Crippen LogP contribution is 2.36. The van der Waals surface area contributed by atoms with E-state index < -0.39 is 21.8 Å². The van der Waals surface area contributed by atoms with Crippen molar-refractivity contribution in [3.8, 4) is 0 Å². The van der Waals surface area contributed by atoms with Gasteiger partial charge < -0.3 is 14.2 Å². The van der Waals surface area contributed by atoms with Crippen molar-refractivity contribution >= 4 is 16.0 Å². The molecule has 0 aromatic carbocycles. The minimum atomic E-state index is -3.39. The number of carbonyl (C=O) groups is 1. The number of ether oxygens (including phenoxy) is 3. The Labute approximate surface area is 125 Å². The second-order valence-electron chi connectivity index (χ2n) is 5.62. The average Bonchev–Trinajstić information content (AvgIpc) is 2.43. The molecule has 2 saturated heterocycles. The van der Waals surface area contributed by atoms with E-state index in [2.05, 4.69) is 4.72 Å². The molecule has 2 heterocycles. The fraction of sp³-hybridized carbons (Fsp3) is 0.923. The SMILES string of the molecule is CS(=O)(=O)NCC(=O)OC[C@@H]1CCC[C@]2(CCCCO2)O1. The van der Waals surface area contributed by atoms with E-state index in [4.69, 9.17) is 14.2 Å². The van der Waals surface area contributed by atoms with Gasteiger partial charge in [0.1, 0.15) is 13.2 Å². The Morgan fingerprint density at radius 1 is 1.33 bits per heavy atom. The standard InChI is InChI=1S/C13H23NO6S/c1-21(16,17)14-9-12(15)18-10-11-5-4-7-13(20-11)6-2-3-8-19-13/h11,14H,2-10H2,1H3/t11-,13-/m0/s1. The Morgan fingerprint density at radius 2 is 2.10 bits per heavy atom. The molecule has 0 aromatic heterocycles. The van der Waals surface area contributed by atoms with Gasteiger partial charge in [-0.2, -0.15) is 0 Å². The average molecular weight is 321 g/mol. The first-order valence-corrected chi connectivity index (χ1v) is 9.20. The van der Waals surface area contributed by atoms with Crippen molar-refractivity contribution in [3.05, 3.63) is 0 Å². The topological polar surface area (TPSA) is 90.9 Å². The minimum Gasteiger partial charge on any atom is -0.462 e. The van der Waals surface area contributed by atoms with E-state index in [1.165, 1.54) is 0 Å². The fourth-order valence-corrected chi connectivity index (χ4v) is 3.06. The zero-order chi connectivity index (χ0) is 15.3. The van der Waals surface area contributed by atoms with Crippen LogP contribution in [0.3, 0.4) is 0 Å². The van der Waals surface area contributed by atoms with Crippen LogP contribution < -0.4 is 4.72 Å². The summed E-state index contributed by atoms with van der Waals surface area (Å²) >= 11 is 0. The summed E-state index contributed by atoms with van der Waals surface area (Å²) in [5.74, 6) is -1.10. The smallest absolute Gasteiger partial charge is 0.321 e. The van der Waals surface area contributed by atoms with Gasteiger partial charge in [-0.05, 0) is 25.7 Å². The first kappa shape index (κ1) is 16.7. The Morgan fingerprint density at radius 3 is 2.76 bits per heavy atom. The van der Waals surface area contributed by atoms with Crippen molar-refractivity contribution in [2.45, 2.75) is 50.4 Å². The van der Waals surface area contributed by atoms with Gasteiger partial charge in [-0.1, -0.05) is 0 Å². The number of rotatable bonds is 5. The summed E-state index contributed by atoms with van der Waals surface area (Å²) in [7, 11) is -3.39. The van der Waals surface area contributed by atoms with Gasteiger partial charge in [0.05, 0.1) is 19.0 Å². The van der Waals surface area contributed by atoms with E-state index in [1.54, 1.807) is 0 Å². The van der Waals surface area contributed by atoms with Crippen molar-refractivity contribution in [1.82, 2.24) is 4.72 Å². The quantitative estimate of drug-likeness (QED) is 0.743. The van der Waals surface area contributed by atoms with E-state index in [1.807, 2.05) is 0 Å². The molecular formula is C13H23NO6S. The summed E-state index contributed by atoms with van der Waals surface area (Å²) in [5, 5.41) is 0. The van der Waals surface area contributed by atoms with Crippen LogP contribution in [0.5, 0.6) is 0 Å². The van der Waals surface area contributed by atoms with Crippen LogP contribution in [0.25, 0.3) is 0 Å². The summed E-state index contributed by atoms with van der Waals surface area (Å²) in [4.78, 5) is 11.5. The van der Waals surface area contributed by atoms with Crippen LogP contribution in [-0.4, -0.2) is 52.3 Å². The first-order chi connectivity index (χ1) is 9.89. The monoisotopic (exact) mass is 321 g/mol. The third kappa shape index (κ3) is 5.54. The van der Waals surface area contributed by atoms with Gasteiger partial charge in [0.2, 0.25) is 10.0 Å². The molecule has 8 heteroatoms. The summed E-state index contributed by atoms with van der Waals surface area (Å²) < 4.78 is 40.7. The molecule has 2 rings (SSSR count). The van der Waals surface area contributed by atoms with Gasteiger partial charge in [0.25, 0.3) is 0 Å². The summed E-state index contributed by atoms with van der Waals surface area (Å²) in [6, 6.07) is 0. The molecule has 1 spiro atoms. The van der Waals surface area contributed by atoms with Crippen molar-refractivity contribution in [1.29, 1.82) is 0 Å². The molecule has 1 N–H and O–H groups in total. The Balaban J connectivity index is 1.74. The van der Waals surface area contributed by atoms with E-state index in [0.717, 1.165) is 44.8 Å². The van der Waals surface area contributed by atoms with Crippen LogP contribution in [0.2, 0.25) is 0 Å². The third-order valence-corrected chi connectivity index (χ3v) is 4.36. The van der Waals surface area contributed by atoms with Crippen LogP contribution in [0.4, 0.5) is 0 Å². The van der Waals surface area contributed by atoms with Gasteiger partial charge in [-0.3, -0.25) is 4.79 Å². The van der Waals surface area contributed by atoms with Gasteiger partial charge >= 0.3 is 5.97 Å². The van der Waals surface area contributed by atoms with Crippen LogP contribution in [-0.2, 0) is 29.0 Å². The maximum absolute atomic E-state index is 11.5. The zero-order valence-electron chi connectivity index (χ0n) is 12.3. The van der Waals surface area contributed by atoms with Crippen molar-refractivity contribution < 1.29 is 27.4 Å². The van der Waals surface area contributed by atoms with Crippen LogP contribution in [0.15, 0.2) is 0 Å². The summed E-state index contributed by atoms with van der Waals surface area (Å²) in [5.41, 5.74) is 0. The number of nitrogens with one attached hydrogen (secondary N) is 1. The van der Waals surface area contributed by atoms with E-state index >= 15 is 0 Å². The zero-order valence-corrected chi connectivity index (χ0v) is 13.1. The Kier molecular flexibility index (Phi) is 5.59. The second kappa shape index (κ2) is 7.04. The van der Waals surface area contributed by atoms with Crippen molar-refractivity contribution in [2.24, 2.45) is 0 Å². The molecule has 0 unspecified atom stereocenters. The molecule has 21 heavy (non-hydrogen) atoms. The molecule has 2 fully saturated rings. The van der Waals surface area contributed by atoms with Gasteiger partial charge in [0.15, 0.2) is 5.79 Å². The highest BCUT2D eigenvalue weighted by Gasteiger charge is 2.39. The van der Waals surface area contributed by atoms with Gasteiger partial charge in [-0.15, -0.1) is 0 Å².